The third-order valence-electron chi connectivity index (χ3n) is 2.97. The molecule has 6 nitrogen and oxygen atoms in total. The predicted molar refractivity (Wildman–Crippen MR) is 76.8 cm³/mol. The molecule has 0 saturated carbocycles. The minimum atomic E-state index is -0.526. The molecule has 110 valence electrons. The summed E-state index contributed by atoms with van der Waals surface area (Å²) in [5, 5.41) is 20.4. The second-order valence-corrected chi connectivity index (χ2v) is 4.46. The number of aliphatic hydroxyl groups is 1. The van der Waals surface area contributed by atoms with Crippen LogP contribution in [0, 0.1) is 17.0 Å². The average molecular weight is 289 g/mol. The number of methoxy groups -OCH3 is 1. The third kappa shape index (κ3) is 3.29. The van der Waals surface area contributed by atoms with E-state index in [1.807, 2.05) is 6.92 Å². The van der Waals surface area contributed by atoms with Crippen LogP contribution in [-0.4, -0.2) is 17.1 Å². The van der Waals surface area contributed by atoms with Crippen LogP contribution in [0.25, 0.3) is 0 Å². The smallest absolute Gasteiger partial charge is 0.311 e. The minimum absolute atomic E-state index is 0.0675. The summed E-state index contributed by atoms with van der Waals surface area (Å²) < 4.78 is 10.7. The summed E-state index contributed by atoms with van der Waals surface area (Å²) in [5.41, 5.74) is 1.36. The van der Waals surface area contributed by atoms with E-state index in [1.165, 1.54) is 25.3 Å². The number of aryl methyl sites for hydroxylation is 1. The first-order valence-corrected chi connectivity index (χ1v) is 6.26. The van der Waals surface area contributed by atoms with Crippen molar-refractivity contribution in [1.29, 1.82) is 0 Å². The Morgan fingerprint density at radius 1 is 1.19 bits per heavy atom. The van der Waals surface area contributed by atoms with Crippen molar-refractivity contribution >= 4 is 5.69 Å². The summed E-state index contributed by atoms with van der Waals surface area (Å²) in [4.78, 5) is 10.5. The summed E-state index contributed by atoms with van der Waals surface area (Å²) >= 11 is 0. The molecule has 0 radical (unpaired) electrons. The molecule has 0 unspecified atom stereocenters. The van der Waals surface area contributed by atoms with Crippen molar-refractivity contribution in [3.8, 4) is 17.2 Å². The van der Waals surface area contributed by atoms with Gasteiger partial charge in [0.25, 0.3) is 0 Å². The van der Waals surface area contributed by atoms with Gasteiger partial charge in [0.2, 0.25) is 5.75 Å². The van der Waals surface area contributed by atoms with E-state index in [-0.39, 0.29) is 18.0 Å². The van der Waals surface area contributed by atoms with Crippen LogP contribution >= 0.6 is 0 Å². The molecule has 0 spiro atoms. The van der Waals surface area contributed by atoms with Crippen LogP contribution in [0.2, 0.25) is 0 Å². The van der Waals surface area contributed by atoms with E-state index >= 15 is 0 Å². The Morgan fingerprint density at radius 3 is 2.57 bits per heavy atom. The first-order valence-electron chi connectivity index (χ1n) is 6.26. The number of benzene rings is 2. The highest BCUT2D eigenvalue weighted by atomic mass is 16.6. The first-order chi connectivity index (χ1) is 10.0. The van der Waals surface area contributed by atoms with Gasteiger partial charge in [-0.2, -0.15) is 0 Å². The molecule has 2 aromatic rings. The molecular weight excluding hydrogens is 274 g/mol. The highest BCUT2D eigenvalue weighted by Gasteiger charge is 2.18. The zero-order chi connectivity index (χ0) is 15.4. The average Bonchev–Trinajstić information content (AvgIpc) is 2.48. The largest absolute Gasteiger partial charge is 0.497 e. The summed E-state index contributed by atoms with van der Waals surface area (Å²) in [6.07, 6.45) is 0. The van der Waals surface area contributed by atoms with Gasteiger partial charge < -0.3 is 14.6 Å². The van der Waals surface area contributed by atoms with Crippen LogP contribution in [0.5, 0.6) is 17.2 Å². The van der Waals surface area contributed by atoms with Gasteiger partial charge in [-0.3, -0.25) is 10.1 Å². The van der Waals surface area contributed by atoms with Crippen molar-refractivity contribution in [2.45, 2.75) is 13.5 Å². The molecule has 0 bridgehead atoms. The van der Waals surface area contributed by atoms with Gasteiger partial charge in [-0.15, -0.1) is 0 Å². The molecule has 0 fully saturated rings. The SMILES string of the molecule is COc1ccc([N+](=O)[O-])c(Oc2ccc(C)cc2CO)c1. The molecule has 0 amide bonds. The second kappa shape index (κ2) is 6.23. The van der Waals surface area contributed by atoms with E-state index in [4.69, 9.17) is 9.47 Å². The molecule has 0 aliphatic heterocycles. The van der Waals surface area contributed by atoms with Gasteiger partial charge in [0.05, 0.1) is 18.6 Å². The Bertz CT molecular complexity index is 669. The number of aliphatic hydroxyl groups excluding tert-OH is 1. The summed E-state index contributed by atoms with van der Waals surface area (Å²) in [5.74, 6) is 0.894. The van der Waals surface area contributed by atoms with Crippen LogP contribution in [0.15, 0.2) is 36.4 Å². The highest BCUT2D eigenvalue weighted by Crippen LogP contribution is 2.36. The summed E-state index contributed by atoms with van der Waals surface area (Å²) in [7, 11) is 1.47. The highest BCUT2D eigenvalue weighted by molar-refractivity contribution is 5.53. The van der Waals surface area contributed by atoms with Gasteiger partial charge in [0.15, 0.2) is 0 Å². The molecule has 21 heavy (non-hydrogen) atoms. The molecule has 0 saturated heterocycles. The third-order valence-corrected chi connectivity index (χ3v) is 2.97. The summed E-state index contributed by atoms with van der Waals surface area (Å²) in [6.45, 7) is 1.67. The maximum absolute atomic E-state index is 11.1. The van der Waals surface area contributed by atoms with Gasteiger partial charge in [0, 0.05) is 17.7 Å². The number of ether oxygens (including phenoxy) is 2. The maximum Gasteiger partial charge on any atom is 0.311 e. The van der Waals surface area contributed by atoms with E-state index in [1.54, 1.807) is 18.2 Å². The van der Waals surface area contributed by atoms with Gasteiger partial charge in [-0.1, -0.05) is 17.7 Å². The van der Waals surface area contributed by atoms with Gasteiger partial charge in [-0.05, 0) is 19.1 Å². The van der Waals surface area contributed by atoms with Crippen LogP contribution in [0.4, 0.5) is 5.69 Å². The molecule has 2 aromatic carbocycles. The van der Waals surface area contributed by atoms with Crippen molar-refractivity contribution in [1.82, 2.24) is 0 Å². The molecule has 0 aliphatic rings. The molecule has 0 heterocycles. The van der Waals surface area contributed by atoms with Crippen molar-refractivity contribution in [2.75, 3.05) is 7.11 Å². The fraction of sp³-hybridized carbons (Fsp3) is 0.200. The van der Waals surface area contributed by atoms with Crippen molar-refractivity contribution in [3.05, 3.63) is 57.6 Å². The molecule has 6 heteroatoms. The molecular formula is C15H15NO5. The number of rotatable bonds is 5. The Kier molecular flexibility index (Phi) is 4.39. The number of nitro groups is 1. The molecule has 0 atom stereocenters. The quantitative estimate of drug-likeness (QED) is 0.675. The van der Waals surface area contributed by atoms with E-state index in [9.17, 15) is 15.2 Å². The lowest BCUT2D eigenvalue weighted by Crippen LogP contribution is -1.97. The van der Waals surface area contributed by atoms with Crippen LogP contribution in [-0.2, 0) is 6.61 Å². The van der Waals surface area contributed by atoms with Crippen molar-refractivity contribution in [2.24, 2.45) is 0 Å². The van der Waals surface area contributed by atoms with Gasteiger partial charge >= 0.3 is 5.69 Å². The fourth-order valence-corrected chi connectivity index (χ4v) is 1.90. The monoisotopic (exact) mass is 289 g/mol. The van der Waals surface area contributed by atoms with E-state index in [0.717, 1.165) is 5.56 Å². The van der Waals surface area contributed by atoms with E-state index in [0.29, 0.717) is 17.1 Å². The Morgan fingerprint density at radius 2 is 1.95 bits per heavy atom. The lowest BCUT2D eigenvalue weighted by molar-refractivity contribution is -0.385. The Hall–Kier alpha value is -2.60. The number of nitrogens with zero attached hydrogens (tertiary/aromatic N) is 1. The Balaban J connectivity index is 2.45. The van der Waals surface area contributed by atoms with Crippen molar-refractivity contribution in [3.63, 3.8) is 0 Å². The van der Waals surface area contributed by atoms with Crippen LogP contribution < -0.4 is 9.47 Å². The summed E-state index contributed by atoms with van der Waals surface area (Å²) in [6, 6.07) is 9.50. The molecule has 2 rings (SSSR count). The van der Waals surface area contributed by atoms with E-state index in [2.05, 4.69) is 0 Å². The maximum atomic E-state index is 11.1. The molecule has 0 aromatic heterocycles. The normalized spacial score (nSPS) is 10.2. The number of hydrogen-bond acceptors (Lipinski definition) is 5. The lowest BCUT2D eigenvalue weighted by atomic mass is 10.1. The molecule has 1 N–H and O–H groups in total. The van der Waals surface area contributed by atoms with Gasteiger partial charge in [-0.25, -0.2) is 0 Å². The fourth-order valence-electron chi connectivity index (χ4n) is 1.90. The topological polar surface area (TPSA) is 81.8 Å². The minimum Gasteiger partial charge on any atom is -0.497 e. The van der Waals surface area contributed by atoms with E-state index < -0.39 is 4.92 Å². The van der Waals surface area contributed by atoms with Crippen LogP contribution in [0.1, 0.15) is 11.1 Å². The van der Waals surface area contributed by atoms with Gasteiger partial charge in [0.1, 0.15) is 11.5 Å². The molecule has 0 aliphatic carbocycles. The van der Waals surface area contributed by atoms with Crippen LogP contribution in [0.3, 0.4) is 0 Å². The predicted octanol–water partition coefficient (Wildman–Crippen LogP) is 3.20. The number of hydrogen-bond donors (Lipinski definition) is 1. The zero-order valence-corrected chi connectivity index (χ0v) is 11.7. The zero-order valence-electron chi connectivity index (χ0n) is 11.7. The lowest BCUT2D eigenvalue weighted by Gasteiger charge is -2.11. The second-order valence-electron chi connectivity index (χ2n) is 4.46. The Labute approximate surface area is 121 Å². The standard InChI is InChI=1S/C15H15NO5/c1-10-3-6-14(11(7-10)9-17)21-15-8-12(20-2)4-5-13(15)16(18)19/h3-8,17H,9H2,1-2H3. The number of nitro benzene ring substituents is 1. The first kappa shape index (κ1) is 14.8. The van der Waals surface area contributed by atoms with Crippen molar-refractivity contribution < 1.29 is 19.5 Å².